The van der Waals surface area contributed by atoms with Gasteiger partial charge in [0.25, 0.3) is 0 Å². The highest BCUT2D eigenvalue weighted by Gasteiger charge is 2.16. The van der Waals surface area contributed by atoms with Crippen molar-refractivity contribution in [3.8, 4) is 0 Å². The highest BCUT2D eigenvalue weighted by molar-refractivity contribution is 6.09. The van der Waals surface area contributed by atoms with Gasteiger partial charge in [-0.05, 0) is 33.2 Å². The lowest BCUT2D eigenvalue weighted by atomic mass is 9.92. The van der Waals surface area contributed by atoms with Crippen molar-refractivity contribution in [2.75, 3.05) is 7.11 Å². The van der Waals surface area contributed by atoms with Gasteiger partial charge in [-0.2, -0.15) is 0 Å². The summed E-state index contributed by atoms with van der Waals surface area (Å²) in [6, 6.07) is 18.1. The van der Waals surface area contributed by atoms with Gasteiger partial charge in [0.2, 0.25) is 0 Å². The topological polar surface area (TPSA) is 52.3 Å². The average molecular weight is 279 g/mol. The first-order valence-corrected chi connectivity index (χ1v) is 6.93. The normalized spacial score (nSPS) is 12.5. The molecule has 3 nitrogen and oxygen atoms in total. The molecule has 0 aromatic heterocycles. The molecule has 0 aliphatic heterocycles. The first-order chi connectivity index (χ1) is 10.2. The molecule has 21 heavy (non-hydrogen) atoms. The fraction of sp³-hybridized carbons (Fsp3) is 0.167. The summed E-state index contributed by atoms with van der Waals surface area (Å²) in [6.45, 7) is 0. The maximum Gasteiger partial charge on any atom is 0.307 e. The van der Waals surface area contributed by atoms with E-state index in [0.717, 1.165) is 21.7 Å². The Morgan fingerprint density at radius 3 is 2.38 bits per heavy atom. The van der Waals surface area contributed by atoms with Crippen LogP contribution in [-0.2, 0) is 9.53 Å². The zero-order valence-electron chi connectivity index (χ0n) is 11.9. The van der Waals surface area contributed by atoms with E-state index in [-0.39, 0.29) is 18.4 Å². The molecule has 3 rings (SSSR count). The fourth-order valence-corrected chi connectivity index (χ4v) is 2.76. The van der Waals surface area contributed by atoms with E-state index in [1.165, 1.54) is 12.5 Å². The number of hydrogen-bond acceptors (Lipinski definition) is 3. The number of ether oxygens (including phenoxy) is 1. The lowest BCUT2D eigenvalue weighted by Gasteiger charge is -2.16. The predicted octanol–water partition coefficient (Wildman–Crippen LogP) is 3.56. The number of benzene rings is 3. The van der Waals surface area contributed by atoms with E-state index in [9.17, 15) is 4.79 Å². The van der Waals surface area contributed by atoms with Crippen molar-refractivity contribution in [2.24, 2.45) is 5.73 Å². The van der Waals surface area contributed by atoms with Gasteiger partial charge in [-0.25, -0.2) is 0 Å². The van der Waals surface area contributed by atoms with Crippen LogP contribution in [0.15, 0.2) is 54.6 Å². The highest BCUT2D eigenvalue weighted by Crippen LogP contribution is 2.32. The highest BCUT2D eigenvalue weighted by atomic mass is 16.5. The molecule has 0 aliphatic rings. The third-order valence-electron chi connectivity index (χ3n) is 3.81. The van der Waals surface area contributed by atoms with Gasteiger partial charge in [0.15, 0.2) is 0 Å². The molecule has 3 aromatic carbocycles. The zero-order valence-corrected chi connectivity index (χ0v) is 11.9. The third kappa shape index (κ3) is 2.48. The van der Waals surface area contributed by atoms with E-state index in [1.807, 2.05) is 30.3 Å². The number of carbonyl (C=O) groups excluding carboxylic acids is 1. The summed E-state index contributed by atoms with van der Waals surface area (Å²) in [5.41, 5.74) is 7.21. The van der Waals surface area contributed by atoms with E-state index in [0.29, 0.717) is 0 Å². The minimum Gasteiger partial charge on any atom is -0.469 e. The Balaban J connectivity index is 2.22. The Morgan fingerprint density at radius 1 is 1.05 bits per heavy atom. The summed E-state index contributed by atoms with van der Waals surface area (Å²) in [4.78, 5) is 11.5. The van der Waals surface area contributed by atoms with Crippen molar-refractivity contribution >= 4 is 27.5 Å². The lowest BCUT2D eigenvalue weighted by Crippen LogP contribution is -2.16. The summed E-state index contributed by atoms with van der Waals surface area (Å²) in [5, 5.41) is 4.58. The number of fused-ring (bicyclic) bond motifs is 3. The first kappa shape index (κ1) is 13.6. The molecule has 1 atom stereocenters. The van der Waals surface area contributed by atoms with Gasteiger partial charge in [0, 0.05) is 6.04 Å². The van der Waals surface area contributed by atoms with Crippen LogP contribution in [0.25, 0.3) is 21.5 Å². The molecule has 0 unspecified atom stereocenters. The second kappa shape index (κ2) is 5.54. The molecular formula is C18H17NO2. The molecule has 0 bridgehead atoms. The number of carbonyl (C=O) groups is 1. The van der Waals surface area contributed by atoms with Crippen LogP contribution in [0.2, 0.25) is 0 Å². The van der Waals surface area contributed by atoms with Crippen molar-refractivity contribution in [3.63, 3.8) is 0 Å². The molecule has 0 fully saturated rings. The van der Waals surface area contributed by atoms with Crippen molar-refractivity contribution in [2.45, 2.75) is 12.5 Å². The molecule has 0 amide bonds. The molecule has 106 valence electrons. The van der Waals surface area contributed by atoms with E-state index >= 15 is 0 Å². The van der Waals surface area contributed by atoms with Crippen molar-refractivity contribution in [3.05, 3.63) is 60.2 Å². The van der Waals surface area contributed by atoms with E-state index < -0.39 is 0 Å². The number of nitrogens with two attached hydrogens (primary N) is 1. The van der Waals surface area contributed by atoms with Crippen LogP contribution in [0.1, 0.15) is 18.0 Å². The van der Waals surface area contributed by atoms with E-state index in [4.69, 9.17) is 10.5 Å². The van der Waals surface area contributed by atoms with Crippen molar-refractivity contribution in [1.82, 2.24) is 0 Å². The summed E-state index contributed by atoms with van der Waals surface area (Å²) in [7, 11) is 1.38. The van der Waals surface area contributed by atoms with Crippen LogP contribution in [-0.4, -0.2) is 13.1 Å². The van der Waals surface area contributed by atoms with Gasteiger partial charge < -0.3 is 10.5 Å². The summed E-state index contributed by atoms with van der Waals surface area (Å²) < 4.78 is 4.72. The quantitative estimate of drug-likeness (QED) is 0.589. The molecule has 2 N–H and O–H groups in total. The molecule has 0 saturated heterocycles. The summed E-state index contributed by atoms with van der Waals surface area (Å²) in [6.07, 6.45) is 0.179. The standard InChI is InChI=1S/C18H17NO2/c1-21-18(20)11-17(19)16-10-12-6-2-3-7-13(12)14-8-4-5-9-15(14)16/h2-10,17H,11,19H2,1H3/t17-/m0/s1. The Hall–Kier alpha value is -2.39. The van der Waals surface area contributed by atoms with Gasteiger partial charge >= 0.3 is 5.97 Å². The molecule has 0 heterocycles. The zero-order chi connectivity index (χ0) is 14.8. The number of methoxy groups -OCH3 is 1. The molecule has 0 radical (unpaired) electrons. The van der Waals surface area contributed by atoms with Gasteiger partial charge in [-0.3, -0.25) is 4.79 Å². The number of esters is 1. The number of hydrogen-bond donors (Lipinski definition) is 1. The fourth-order valence-electron chi connectivity index (χ4n) is 2.76. The van der Waals surface area contributed by atoms with Crippen LogP contribution < -0.4 is 5.73 Å². The Bertz CT molecular complexity index is 811. The molecule has 0 aliphatic carbocycles. The summed E-state index contributed by atoms with van der Waals surface area (Å²) in [5.74, 6) is -0.292. The maximum absolute atomic E-state index is 11.5. The molecule has 0 spiro atoms. The van der Waals surface area contributed by atoms with E-state index in [2.05, 4.69) is 24.3 Å². The van der Waals surface area contributed by atoms with Crippen LogP contribution in [0.3, 0.4) is 0 Å². The molecule has 0 saturated carbocycles. The summed E-state index contributed by atoms with van der Waals surface area (Å²) >= 11 is 0. The monoisotopic (exact) mass is 279 g/mol. The average Bonchev–Trinajstić information content (AvgIpc) is 2.53. The van der Waals surface area contributed by atoms with E-state index in [1.54, 1.807) is 0 Å². The lowest BCUT2D eigenvalue weighted by molar-refractivity contribution is -0.141. The first-order valence-electron chi connectivity index (χ1n) is 6.93. The van der Waals surface area contributed by atoms with Gasteiger partial charge in [0.1, 0.15) is 0 Å². The smallest absolute Gasteiger partial charge is 0.307 e. The Kier molecular flexibility index (Phi) is 3.59. The van der Waals surface area contributed by atoms with Crippen molar-refractivity contribution < 1.29 is 9.53 Å². The second-order valence-corrected chi connectivity index (χ2v) is 5.12. The van der Waals surface area contributed by atoms with Gasteiger partial charge in [-0.1, -0.05) is 48.5 Å². The minimum atomic E-state index is -0.369. The van der Waals surface area contributed by atoms with Crippen molar-refractivity contribution in [1.29, 1.82) is 0 Å². The predicted molar refractivity (Wildman–Crippen MR) is 85.0 cm³/mol. The minimum absolute atomic E-state index is 0.179. The Labute approximate surface area is 123 Å². The molecular weight excluding hydrogens is 262 g/mol. The SMILES string of the molecule is COC(=O)C[C@H](N)c1cc2ccccc2c2ccccc12. The van der Waals surface area contributed by atoms with Crippen LogP contribution in [0.4, 0.5) is 0 Å². The van der Waals surface area contributed by atoms with Crippen LogP contribution in [0, 0.1) is 0 Å². The van der Waals surface area contributed by atoms with Crippen LogP contribution in [0.5, 0.6) is 0 Å². The van der Waals surface area contributed by atoms with Gasteiger partial charge in [0.05, 0.1) is 13.5 Å². The second-order valence-electron chi connectivity index (χ2n) is 5.12. The molecule has 3 aromatic rings. The maximum atomic E-state index is 11.5. The number of rotatable bonds is 3. The van der Waals surface area contributed by atoms with Gasteiger partial charge in [-0.15, -0.1) is 0 Å². The molecule has 3 heteroatoms. The third-order valence-corrected chi connectivity index (χ3v) is 3.81. The largest absolute Gasteiger partial charge is 0.469 e. The van der Waals surface area contributed by atoms with Crippen LogP contribution >= 0.6 is 0 Å². The Morgan fingerprint density at radius 2 is 1.67 bits per heavy atom.